The molecule has 0 unspecified atom stereocenters. The first-order valence-corrected chi connectivity index (χ1v) is 12.1. The van der Waals surface area contributed by atoms with Crippen molar-refractivity contribution in [2.45, 2.75) is 76.9 Å². The van der Waals surface area contributed by atoms with Crippen molar-refractivity contribution in [1.29, 1.82) is 0 Å². The van der Waals surface area contributed by atoms with Crippen molar-refractivity contribution in [3.05, 3.63) is 47.2 Å². The molecule has 0 aliphatic heterocycles. The second-order valence-electron chi connectivity index (χ2n) is 9.32. The second kappa shape index (κ2) is 10.9. The third kappa shape index (κ3) is 7.08. The van der Waals surface area contributed by atoms with E-state index in [2.05, 4.69) is 15.6 Å². The predicted molar refractivity (Wildman–Crippen MR) is 126 cm³/mol. The van der Waals surface area contributed by atoms with E-state index in [0.717, 1.165) is 25.7 Å². The van der Waals surface area contributed by atoms with Gasteiger partial charge in [0, 0.05) is 36.0 Å². The van der Waals surface area contributed by atoms with E-state index < -0.39 is 17.4 Å². The van der Waals surface area contributed by atoms with Crippen LogP contribution in [0.2, 0.25) is 0 Å². The highest BCUT2D eigenvalue weighted by Gasteiger charge is 2.38. The molecule has 3 rings (SSSR count). The fourth-order valence-corrected chi connectivity index (χ4v) is 4.62. The molecule has 7 nitrogen and oxygen atoms in total. The van der Waals surface area contributed by atoms with Crippen LogP contribution in [0, 0.1) is 5.82 Å². The molecular weight excluding hydrogens is 443 g/mol. The van der Waals surface area contributed by atoms with Crippen LogP contribution >= 0.6 is 11.3 Å². The number of aromatic nitrogens is 1. The van der Waals surface area contributed by atoms with Crippen molar-refractivity contribution >= 4 is 34.2 Å². The van der Waals surface area contributed by atoms with Gasteiger partial charge in [0.05, 0.1) is 0 Å². The van der Waals surface area contributed by atoms with Gasteiger partial charge in [0.1, 0.15) is 11.9 Å². The van der Waals surface area contributed by atoms with Crippen LogP contribution in [-0.2, 0) is 14.4 Å². The fourth-order valence-electron chi connectivity index (χ4n) is 4.08. The van der Waals surface area contributed by atoms with Crippen LogP contribution in [0.5, 0.6) is 0 Å². The molecule has 2 N–H and O–H groups in total. The Morgan fingerprint density at radius 2 is 1.82 bits per heavy atom. The first-order valence-electron chi connectivity index (χ1n) is 11.2. The molecule has 0 spiro atoms. The molecule has 3 amide bonds. The van der Waals surface area contributed by atoms with E-state index in [4.69, 9.17) is 0 Å². The summed E-state index contributed by atoms with van der Waals surface area (Å²) in [5.41, 5.74) is 0.0403. The van der Waals surface area contributed by atoms with Crippen LogP contribution in [-0.4, -0.2) is 39.2 Å². The Labute approximate surface area is 197 Å². The van der Waals surface area contributed by atoms with Crippen molar-refractivity contribution in [2.24, 2.45) is 0 Å². The number of anilines is 1. The predicted octanol–water partition coefficient (Wildman–Crippen LogP) is 4.43. The number of halogens is 1. The lowest BCUT2D eigenvalue weighted by Crippen LogP contribution is -2.51. The minimum absolute atomic E-state index is 0.0152. The van der Waals surface area contributed by atoms with Gasteiger partial charge < -0.3 is 15.5 Å². The summed E-state index contributed by atoms with van der Waals surface area (Å²) >= 11 is 1.30. The number of carbonyl (C=O) groups excluding carboxylic acids is 3. The summed E-state index contributed by atoms with van der Waals surface area (Å²) in [5, 5.41) is 7.89. The SMILES string of the molecule is CC(C)(C)NC(=O)[C@@H](c1ccc(F)cc1)N(C(=O)CCC(=O)Nc1nccs1)C1CCCC1. The average Bonchev–Trinajstić information content (AvgIpc) is 3.44. The van der Waals surface area contributed by atoms with E-state index in [1.165, 1.54) is 23.5 Å². The molecule has 1 fully saturated rings. The maximum Gasteiger partial charge on any atom is 0.247 e. The van der Waals surface area contributed by atoms with Gasteiger partial charge >= 0.3 is 0 Å². The number of rotatable bonds is 8. The Hall–Kier alpha value is -2.81. The Bertz CT molecular complexity index is 951. The van der Waals surface area contributed by atoms with E-state index in [-0.39, 0.29) is 36.6 Å². The van der Waals surface area contributed by atoms with Crippen LogP contribution < -0.4 is 10.6 Å². The third-order valence-corrected chi connectivity index (χ3v) is 6.15. The van der Waals surface area contributed by atoms with Crippen molar-refractivity contribution in [3.8, 4) is 0 Å². The van der Waals surface area contributed by atoms with Crippen molar-refractivity contribution < 1.29 is 18.8 Å². The minimum Gasteiger partial charge on any atom is -0.349 e. The van der Waals surface area contributed by atoms with Crippen molar-refractivity contribution in [1.82, 2.24) is 15.2 Å². The van der Waals surface area contributed by atoms with Crippen LogP contribution in [0.4, 0.5) is 9.52 Å². The zero-order chi connectivity index (χ0) is 24.0. The second-order valence-corrected chi connectivity index (χ2v) is 10.2. The molecule has 33 heavy (non-hydrogen) atoms. The van der Waals surface area contributed by atoms with Gasteiger partial charge in [0.25, 0.3) is 0 Å². The number of nitrogens with zero attached hydrogens (tertiary/aromatic N) is 2. The van der Waals surface area contributed by atoms with Gasteiger partial charge in [-0.25, -0.2) is 9.37 Å². The molecule has 0 saturated heterocycles. The van der Waals surface area contributed by atoms with Gasteiger partial charge in [0.15, 0.2) is 5.13 Å². The Morgan fingerprint density at radius 3 is 2.39 bits per heavy atom. The minimum atomic E-state index is -0.901. The van der Waals surface area contributed by atoms with Gasteiger partial charge in [-0.15, -0.1) is 11.3 Å². The number of benzene rings is 1. The summed E-state index contributed by atoms with van der Waals surface area (Å²) in [4.78, 5) is 44.8. The molecule has 1 aromatic heterocycles. The Balaban J connectivity index is 1.85. The lowest BCUT2D eigenvalue weighted by atomic mass is 9.98. The summed E-state index contributed by atoms with van der Waals surface area (Å²) in [5.74, 6) is -1.30. The molecular formula is C24H31FN4O3S. The van der Waals surface area contributed by atoms with Crippen LogP contribution in [0.3, 0.4) is 0 Å². The number of amides is 3. The molecule has 1 heterocycles. The molecule has 0 bridgehead atoms. The van der Waals surface area contributed by atoms with Gasteiger partial charge in [-0.05, 0) is 51.3 Å². The fraction of sp³-hybridized carbons (Fsp3) is 0.500. The molecule has 0 radical (unpaired) electrons. The number of hydrogen-bond donors (Lipinski definition) is 2. The normalized spacial score (nSPS) is 15.2. The standard InChI is InChI=1S/C24H31FN4O3S/c1-24(2,3)28-22(32)21(16-8-10-17(25)11-9-16)29(18-6-4-5-7-18)20(31)13-12-19(30)27-23-26-14-15-33-23/h8-11,14-15,18,21H,4-7,12-13H2,1-3H3,(H,28,32)(H,26,27,30)/t21-/m1/s1. The molecule has 1 aliphatic rings. The summed E-state index contributed by atoms with van der Waals surface area (Å²) in [7, 11) is 0. The first kappa shape index (κ1) is 24.8. The van der Waals surface area contributed by atoms with E-state index in [1.807, 2.05) is 20.8 Å². The Kier molecular flexibility index (Phi) is 8.18. The number of carbonyl (C=O) groups is 3. The summed E-state index contributed by atoms with van der Waals surface area (Å²) < 4.78 is 13.6. The highest BCUT2D eigenvalue weighted by molar-refractivity contribution is 7.13. The molecule has 9 heteroatoms. The lowest BCUT2D eigenvalue weighted by molar-refractivity contribution is -0.144. The molecule has 1 aromatic carbocycles. The summed E-state index contributed by atoms with van der Waals surface area (Å²) in [6, 6.07) is 4.68. The van der Waals surface area contributed by atoms with E-state index in [0.29, 0.717) is 10.7 Å². The quantitative estimate of drug-likeness (QED) is 0.592. The molecule has 1 atom stereocenters. The highest BCUT2D eigenvalue weighted by Crippen LogP contribution is 2.33. The number of thiazole rings is 1. The van der Waals surface area contributed by atoms with Crippen LogP contribution in [0.1, 0.15) is 70.9 Å². The highest BCUT2D eigenvalue weighted by atomic mass is 32.1. The zero-order valence-electron chi connectivity index (χ0n) is 19.3. The van der Waals surface area contributed by atoms with Crippen LogP contribution in [0.25, 0.3) is 0 Å². The van der Waals surface area contributed by atoms with Crippen molar-refractivity contribution in [2.75, 3.05) is 5.32 Å². The lowest BCUT2D eigenvalue weighted by Gasteiger charge is -2.37. The average molecular weight is 475 g/mol. The summed E-state index contributed by atoms with van der Waals surface area (Å²) in [6.45, 7) is 5.62. The monoisotopic (exact) mass is 474 g/mol. The smallest absolute Gasteiger partial charge is 0.247 e. The van der Waals surface area contributed by atoms with E-state index in [1.54, 1.807) is 28.6 Å². The van der Waals surface area contributed by atoms with E-state index >= 15 is 0 Å². The largest absolute Gasteiger partial charge is 0.349 e. The van der Waals surface area contributed by atoms with Crippen LogP contribution in [0.15, 0.2) is 35.8 Å². The molecule has 1 saturated carbocycles. The van der Waals surface area contributed by atoms with E-state index in [9.17, 15) is 18.8 Å². The zero-order valence-corrected chi connectivity index (χ0v) is 20.1. The summed E-state index contributed by atoms with van der Waals surface area (Å²) in [6.07, 6.45) is 5.06. The van der Waals surface area contributed by atoms with Crippen molar-refractivity contribution in [3.63, 3.8) is 0 Å². The van der Waals surface area contributed by atoms with Gasteiger partial charge in [-0.3, -0.25) is 14.4 Å². The van der Waals surface area contributed by atoms with Gasteiger partial charge in [-0.1, -0.05) is 25.0 Å². The number of nitrogens with one attached hydrogen (secondary N) is 2. The third-order valence-electron chi connectivity index (χ3n) is 5.46. The first-order chi connectivity index (χ1) is 15.6. The molecule has 2 aromatic rings. The van der Waals surface area contributed by atoms with Gasteiger partial charge in [0.2, 0.25) is 17.7 Å². The molecule has 178 valence electrons. The van der Waals surface area contributed by atoms with Gasteiger partial charge in [-0.2, -0.15) is 0 Å². The Morgan fingerprint density at radius 1 is 1.15 bits per heavy atom. The maximum absolute atomic E-state index is 13.6. The maximum atomic E-state index is 13.6. The topological polar surface area (TPSA) is 91.4 Å². The number of hydrogen-bond acceptors (Lipinski definition) is 5. The molecule has 1 aliphatic carbocycles.